The molecule has 0 saturated carbocycles. The van der Waals surface area contributed by atoms with Crippen molar-refractivity contribution in [2.75, 3.05) is 13.6 Å². The Balaban J connectivity index is 2.76. The van der Waals surface area contributed by atoms with Gasteiger partial charge in [-0.25, -0.2) is 0 Å². The Labute approximate surface area is 99.0 Å². The molecule has 0 heterocycles. The molecule has 1 aromatic rings. The second-order valence-electron chi connectivity index (χ2n) is 4.32. The summed E-state index contributed by atoms with van der Waals surface area (Å²) in [4.78, 5) is 0. The average molecular weight is 221 g/mol. The normalized spacial score (nSPS) is 14.8. The third-order valence-corrected chi connectivity index (χ3v) is 2.77. The van der Waals surface area contributed by atoms with E-state index in [9.17, 15) is 0 Å². The van der Waals surface area contributed by atoms with Crippen molar-refractivity contribution in [3.05, 3.63) is 35.4 Å². The van der Waals surface area contributed by atoms with Gasteiger partial charge in [-0.1, -0.05) is 36.8 Å². The van der Waals surface area contributed by atoms with Gasteiger partial charge in [0.15, 0.2) is 0 Å². The number of benzene rings is 1. The van der Waals surface area contributed by atoms with Gasteiger partial charge in [0, 0.05) is 6.54 Å². The Morgan fingerprint density at radius 2 is 2.12 bits per heavy atom. The molecular formula is C14H23NO. The second kappa shape index (κ2) is 6.66. The fraction of sp³-hybridized carbons (Fsp3) is 0.571. The summed E-state index contributed by atoms with van der Waals surface area (Å²) in [7, 11) is 1.96. The number of aryl methyl sites for hydroxylation is 1. The van der Waals surface area contributed by atoms with Crippen LogP contribution in [-0.4, -0.2) is 19.7 Å². The van der Waals surface area contributed by atoms with Crippen LogP contribution in [0.25, 0.3) is 0 Å². The Bertz CT molecular complexity index is 311. The molecule has 0 radical (unpaired) electrons. The molecule has 2 unspecified atom stereocenters. The summed E-state index contributed by atoms with van der Waals surface area (Å²) in [5, 5.41) is 3.19. The molecule has 16 heavy (non-hydrogen) atoms. The van der Waals surface area contributed by atoms with Gasteiger partial charge in [0.2, 0.25) is 0 Å². The number of hydrogen-bond donors (Lipinski definition) is 1. The first kappa shape index (κ1) is 13.2. The van der Waals surface area contributed by atoms with Crippen molar-refractivity contribution >= 4 is 0 Å². The van der Waals surface area contributed by atoms with Crippen LogP contribution in [0.3, 0.4) is 0 Å². The van der Waals surface area contributed by atoms with E-state index in [1.165, 1.54) is 11.1 Å². The molecule has 1 aromatic carbocycles. The first-order valence-corrected chi connectivity index (χ1v) is 6.04. The van der Waals surface area contributed by atoms with Crippen molar-refractivity contribution < 1.29 is 4.74 Å². The molecule has 0 aliphatic heterocycles. The van der Waals surface area contributed by atoms with E-state index in [0.29, 0.717) is 6.10 Å². The minimum absolute atomic E-state index is 0.153. The molecule has 0 aromatic heterocycles. The van der Waals surface area contributed by atoms with Gasteiger partial charge in [-0.15, -0.1) is 0 Å². The standard InChI is InChI=1S/C14H23NO/c1-5-12(3)16-14(10-15-4)13-8-6-7-11(2)9-13/h6-9,12,14-15H,5,10H2,1-4H3. The Kier molecular flexibility index (Phi) is 5.50. The molecule has 0 aliphatic carbocycles. The van der Waals surface area contributed by atoms with Crippen molar-refractivity contribution in [2.24, 2.45) is 0 Å². The van der Waals surface area contributed by atoms with Gasteiger partial charge in [0.05, 0.1) is 12.2 Å². The van der Waals surface area contributed by atoms with Crippen LogP contribution in [0.4, 0.5) is 0 Å². The SMILES string of the molecule is CCC(C)OC(CNC)c1cccc(C)c1. The molecule has 0 saturated heterocycles. The first-order valence-electron chi connectivity index (χ1n) is 6.04. The van der Waals surface area contributed by atoms with Gasteiger partial charge in [0.1, 0.15) is 0 Å². The maximum absolute atomic E-state index is 6.02. The Morgan fingerprint density at radius 1 is 1.38 bits per heavy atom. The van der Waals surface area contributed by atoms with Crippen molar-refractivity contribution in [3.63, 3.8) is 0 Å². The molecule has 2 heteroatoms. The van der Waals surface area contributed by atoms with E-state index >= 15 is 0 Å². The molecule has 0 amide bonds. The van der Waals surface area contributed by atoms with Crippen LogP contribution in [-0.2, 0) is 4.74 Å². The summed E-state index contributed by atoms with van der Waals surface area (Å²) in [5.74, 6) is 0. The van der Waals surface area contributed by atoms with Gasteiger partial charge in [-0.2, -0.15) is 0 Å². The van der Waals surface area contributed by atoms with Crippen molar-refractivity contribution in [1.82, 2.24) is 5.32 Å². The largest absolute Gasteiger partial charge is 0.369 e. The Hall–Kier alpha value is -0.860. The van der Waals surface area contributed by atoms with Crippen molar-refractivity contribution in [2.45, 2.75) is 39.4 Å². The molecule has 2 atom stereocenters. The van der Waals surface area contributed by atoms with Gasteiger partial charge in [-0.05, 0) is 32.9 Å². The smallest absolute Gasteiger partial charge is 0.0952 e. The summed E-state index contributed by atoms with van der Waals surface area (Å²) >= 11 is 0. The van der Waals surface area contributed by atoms with E-state index in [2.05, 4.69) is 50.4 Å². The zero-order valence-electron chi connectivity index (χ0n) is 10.8. The zero-order valence-corrected chi connectivity index (χ0v) is 10.8. The van der Waals surface area contributed by atoms with Crippen molar-refractivity contribution in [1.29, 1.82) is 0 Å². The van der Waals surface area contributed by atoms with E-state index in [-0.39, 0.29) is 6.10 Å². The lowest BCUT2D eigenvalue weighted by Gasteiger charge is -2.22. The minimum Gasteiger partial charge on any atom is -0.369 e. The quantitative estimate of drug-likeness (QED) is 0.797. The summed E-state index contributed by atoms with van der Waals surface area (Å²) < 4.78 is 6.02. The van der Waals surface area contributed by atoms with Gasteiger partial charge in [0.25, 0.3) is 0 Å². The molecule has 0 bridgehead atoms. The molecule has 0 fully saturated rings. The van der Waals surface area contributed by atoms with E-state index < -0.39 is 0 Å². The lowest BCUT2D eigenvalue weighted by molar-refractivity contribution is -0.00360. The molecule has 1 rings (SSSR count). The highest BCUT2D eigenvalue weighted by molar-refractivity contribution is 5.24. The highest BCUT2D eigenvalue weighted by Gasteiger charge is 2.13. The van der Waals surface area contributed by atoms with Gasteiger partial charge in [-0.3, -0.25) is 0 Å². The van der Waals surface area contributed by atoms with Crippen LogP contribution in [0.15, 0.2) is 24.3 Å². The summed E-state index contributed by atoms with van der Waals surface area (Å²) in [6.07, 6.45) is 1.50. The third kappa shape index (κ3) is 3.95. The molecule has 0 aliphatic rings. The number of ether oxygens (including phenoxy) is 1. The van der Waals surface area contributed by atoms with E-state index in [1.807, 2.05) is 7.05 Å². The summed E-state index contributed by atoms with van der Waals surface area (Å²) in [5.41, 5.74) is 2.54. The average Bonchev–Trinajstić information content (AvgIpc) is 2.28. The highest BCUT2D eigenvalue weighted by Crippen LogP contribution is 2.20. The number of hydrogen-bond acceptors (Lipinski definition) is 2. The molecule has 1 N–H and O–H groups in total. The minimum atomic E-state index is 0.153. The summed E-state index contributed by atoms with van der Waals surface area (Å²) in [6, 6.07) is 8.54. The van der Waals surface area contributed by atoms with Crippen LogP contribution in [0.2, 0.25) is 0 Å². The van der Waals surface area contributed by atoms with Gasteiger partial charge >= 0.3 is 0 Å². The lowest BCUT2D eigenvalue weighted by Crippen LogP contribution is -2.23. The van der Waals surface area contributed by atoms with Crippen LogP contribution < -0.4 is 5.32 Å². The topological polar surface area (TPSA) is 21.3 Å². The predicted octanol–water partition coefficient (Wildman–Crippen LogP) is 3.07. The van der Waals surface area contributed by atoms with E-state index in [1.54, 1.807) is 0 Å². The maximum atomic E-state index is 6.02. The molecule has 2 nitrogen and oxygen atoms in total. The molecule has 0 spiro atoms. The van der Waals surface area contributed by atoms with Crippen LogP contribution in [0, 0.1) is 6.92 Å². The van der Waals surface area contributed by atoms with Crippen LogP contribution >= 0.6 is 0 Å². The number of likely N-dealkylation sites (N-methyl/N-ethyl adjacent to an activating group) is 1. The summed E-state index contributed by atoms with van der Waals surface area (Å²) in [6.45, 7) is 7.24. The molecule has 90 valence electrons. The zero-order chi connectivity index (χ0) is 12.0. The Morgan fingerprint density at radius 3 is 2.69 bits per heavy atom. The van der Waals surface area contributed by atoms with Crippen molar-refractivity contribution in [3.8, 4) is 0 Å². The maximum Gasteiger partial charge on any atom is 0.0952 e. The number of nitrogens with one attached hydrogen (secondary N) is 1. The third-order valence-electron chi connectivity index (χ3n) is 2.77. The first-order chi connectivity index (χ1) is 7.67. The molecular weight excluding hydrogens is 198 g/mol. The van der Waals surface area contributed by atoms with E-state index in [4.69, 9.17) is 4.74 Å². The lowest BCUT2D eigenvalue weighted by atomic mass is 10.1. The van der Waals surface area contributed by atoms with Crippen LogP contribution in [0.5, 0.6) is 0 Å². The van der Waals surface area contributed by atoms with Crippen LogP contribution in [0.1, 0.15) is 37.5 Å². The van der Waals surface area contributed by atoms with E-state index in [0.717, 1.165) is 13.0 Å². The van der Waals surface area contributed by atoms with Gasteiger partial charge < -0.3 is 10.1 Å². The monoisotopic (exact) mass is 221 g/mol. The fourth-order valence-electron chi connectivity index (χ4n) is 1.68. The highest BCUT2D eigenvalue weighted by atomic mass is 16.5. The second-order valence-corrected chi connectivity index (χ2v) is 4.32. The predicted molar refractivity (Wildman–Crippen MR) is 68.7 cm³/mol. The fourth-order valence-corrected chi connectivity index (χ4v) is 1.68. The number of rotatable bonds is 6.